The van der Waals surface area contributed by atoms with E-state index in [4.69, 9.17) is 14.9 Å². The van der Waals surface area contributed by atoms with Gasteiger partial charge < -0.3 is 20.2 Å². The molecule has 0 radical (unpaired) electrons. The minimum atomic E-state index is 0.381. The summed E-state index contributed by atoms with van der Waals surface area (Å²) in [5, 5.41) is 3.17. The normalized spacial score (nSPS) is 19.4. The molecule has 2 aromatic rings. The number of ether oxygens (including phenoxy) is 1. The Balaban J connectivity index is 1.62. The lowest BCUT2D eigenvalue weighted by Gasteiger charge is -2.08. The minimum Gasteiger partial charge on any atom is -0.423 e. The molecular formula is C13H17N3O2. The molecule has 1 unspecified atom stereocenters. The molecule has 2 heterocycles. The van der Waals surface area contributed by atoms with Gasteiger partial charge >= 0.3 is 0 Å². The number of aromatic nitrogens is 1. The topological polar surface area (TPSA) is 73.3 Å². The molecular weight excluding hydrogens is 230 g/mol. The number of nitrogens with zero attached hydrogens (tertiary/aromatic N) is 1. The van der Waals surface area contributed by atoms with E-state index in [1.54, 1.807) is 0 Å². The van der Waals surface area contributed by atoms with E-state index in [0.717, 1.165) is 37.1 Å². The summed E-state index contributed by atoms with van der Waals surface area (Å²) >= 11 is 0. The summed E-state index contributed by atoms with van der Waals surface area (Å²) in [6.07, 6.45) is 3.69. The first kappa shape index (κ1) is 11.3. The second-order valence-electron chi connectivity index (χ2n) is 4.56. The van der Waals surface area contributed by atoms with Crippen LogP contribution in [0.4, 0.5) is 11.7 Å². The highest BCUT2D eigenvalue weighted by atomic mass is 16.5. The number of para-hydroxylation sites is 1. The van der Waals surface area contributed by atoms with Crippen LogP contribution >= 0.6 is 0 Å². The maximum Gasteiger partial charge on any atom is 0.295 e. The van der Waals surface area contributed by atoms with Gasteiger partial charge in [0, 0.05) is 13.2 Å². The van der Waals surface area contributed by atoms with Gasteiger partial charge in [-0.15, -0.1) is 0 Å². The Kier molecular flexibility index (Phi) is 3.06. The number of hydrogen-bond donors (Lipinski definition) is 2. The lowest BCUT2D eigenvalue weighted by molar-refractivity contribution is 0.107. The highest BCUT2D eigenvalue weighted by molar-refractivity contribution is 5.86. The lowest BCUT2D eigenvalue weighted by atomic mass is 10.2. The average molecular weight is 247 g/mol. The third-order valence-electron chi connectivity index (χ3n) is 3.22. The second-order valence-corrected chi connectivity index (χ2v) is 4.56. The quantitative estimate of drug-likeness (QED) is 0.811. The summed E-state index contributed by atoms with van der Waals surface area (Å²) in [5.41, 5.74) is 7.91. The van der Waals surface area contributed by atoms with E-state index < -0.39 is 0 Å². The largest absolute Gasteiger partial charge is 0.423 e. The van der Waals surface area contributed by atoms with Crippen LogP contribution in [-0.2, 0) is 4.74 Å². The molecule has 1 aliphatic rings. The fourth-order valence-corrected chi connectivity index (χ4v) is 2.26. The fraction of sp³-hybridized carbons (Fsp3) is 0.462. The molecule has 96 valence electrons. The van der Waals surface area contributed by atoms with Crippen molar-refractivity contribution in [1.29, 1.82) is 0 Å². The van der Waals surface area contributed by atoms with Gasteiger partial charge in [-0.1, -0.05) is 6.07 Å². The van der Waals surface area contributed by atoms with Crippen molar-refractivity contribution in [2.24, 2.45) is 0 Å². The van der Waals surface area contributed by atoms with Crippen LogP contribution < -0.4 is 11.1 Å². The molecule has 5 heteroatoms. The van der Waals surface area contributed by atoms with Crippen molar-refractivity contribution in [3.63, 3.8) is 0 Å². The van der Waals surface area contributed by atoms with Crippen molar-refractivity contribution in [3.05, 3.63) is 18.2 Å². The summed E-state index contributed by atoms with van der Waals surface area (Å²) in [6, 6.07) is 6.07. The van der Waals surface area contributed by atoms with Crippen molar-refractivity contribution >= 4 is 22.8 Å². The number of nitrogens with one attached hydrogen (secondary N) is 1. The first-order valence-electron chi connectivity index (χ1n) is 6.33. The van der Waals surface area contributed by atoms with E-state index in [1.165, 1.54) is 6.42 Å². The Hall–Kier alpha value is -1.75. The zero-order valence-electron chi connectivity index (χ0n) is 10.2. The molecule has 1 aliphatic heterocycles. The maximum absolute atomic E-state index is 5.83. The Labute approximate surface area is 105 Å². The van der Waals surface area contributed by atoms with E-state index in [2.05, 4.69) is 10.3 Å². The van der Waals surface area contributed by atoms with Gasteiger partial charge in [0.1, 0.15) is 5.52 Å². The molecule has 0 aliphatic carbocycles. The zero-order valence-corrected chi connectivity index (χ0v) is 10.2. The van der Waals surface area contributed by atoms with Crippen molar-refractivity contribution < 1.29 is 9.15 Å². The summed E-state index contributed by atoms with van der Waals surface area (Å²) in [4.78, 5) is 4.33. The Bertz CT molecular complexity index is 532. The maximum atomic E-state index is 5.83. The number of fused-ring (bicyclic) bond motifs is 1. The monoisotopic (exact) mass is 247 g/mol. The predicted molar refractivity (Wildman–Crippen MR) is 70.5 cm³/mol. The fourth-order valence-electron chi connectivity index (χ4n) is 2.26. The number of nitrogens with two attached hydrogens (primary N) is 1. The molecule has 1 aromatic carbocycles. The number of rotatable bonds is 4. The van der Waals surface area contributed by atoms with Crippen molar-refractivity contribution in [2.45, 2.75) is 25.4 Å². The van der Waals surface area contributed by atoms with Gasteiger partial charge in [-0.05, 0) is 31.4 Å². The first-order valence-corrected chi connectivity index (χ1v) is 6.33. The molecule has 1 atom stereocenters. The second kappa shape index (κ2) is 4.86. The average Bonchev–Trinajstić information content (AvgIpc) is 2.98. The predicted octanol–water partition coefficient (Wildman–Crippen LogP) is 2.39. The Morgan fingerprint density at radius 2 is 2.39 bits per heavy atom. The molecule has 18 heavy (non-hydrogen) atoms. The van der Waals surface area contributed by atoms with Crippen molar-refractivity contribution in [2.75, 3.05) is 24.2 Å². The van der Waals surface area contributed by atoms with Gasteiger partial charge in [0.2, 0.25) is 0 Å². The SMILES string of the molecule is Nc1cccc2oc(NCCC3CCCO3)nc12. The number of benzene rings is 1. The van der Waals surface area contributed by atoms with Crippen molar-refractivity contribution in [1.82, 2.24) is 4.98 Å². The van der Waals surface area contributed by atoms with Gasteiger partial charge in [0.25, 0.3) is 6.01 Å². The van der Waals surface area contributed by atoms with E-state index >= 15 is 0 Å². The molecule has 5 nitrogen and oxygen atoms in total. The standard InChI is InChI=1S/C13H17N3O2/c14-10-4-1-5-11-12(10)16-13(18-11)15-7-6-9-3-2-8-17-9/h1,4-5,9H,2-3,6-8,14H2,(H,15,16). The third kappa shape index (κ3) is 2.26. The number of nitrogen functional groups attached to an aromatic ring is 1. The van der Waals surface area contributed by atoms with Crippen LogP contribution in [-0.4, -0.2) is 24.2 Å². The van der Waals surface area contributed by atoms with Gasteiger partial charge in [0.15, 0.2) is 5.58 Å². The van der Waals surface area contributed by atoms with Gasteiger partial charge in [-0.3, -0.25) is 0 Å². The van der Waals surface area contributed by atoms with Crippen LogP contribution in [0.15, 0.2) is 22.6 Å². The number of hydrogen-bond acceptors (Lipinski definition) is 5. The summed E-state index contributed by atoms with van der Waals surface area (Å²) in [7, 11) is 0. The van der Waals surface area contributed by atoms with Crippen LogP contribution in [0.5, 0.6) is 0 Å². The summed E-state index contributed by atoms with van der Waals surface area (Å²) < 4.78 is 11.1. The van der Waals surface area contributed by atoms with Crippen LogP contribution in [0.1, 0.15) is 19.3 Å². The first-order chi connectivity index (χ1) is 8.83. The van der Waals surface area contributed by atoms with E-state index in [0.29, 0.717) is 17.8 Å². The van der Waals surface area contributed by atoms with Gasteiger partial charge in [0.05, 0.1) is 11.8 Å². The van der Waals surface area contributed by atoms with Crippen LogP contribution in [0, 0.1) is 0 Å². The molecule has 3 rings (SSSR count). The highest BCUT2D eigenvalue weighted by Gasteiger charge is 2.15. The Morgan fingerprint density at radius 1 is 1.44 bits per heavy atom. The van der Waals surface area contributed by atoms with Crippen LogP contribution in [0.2, 0.25) is 0 Å². The minimum absolute atomic E-state index is 0.381. The lowest BCUT2D eigenvalue weighted by Crippen LogP contribution is -2.12. The number of anilines is 2. The van der Waals surface area contributed by atoms with Crippen LogP contribution in [0.3, 0.4) is 0 Å². The molecule has 1 aromatic heterocycles. The molecule has 1 saturated heterocycles. The highest BCUT2D eigenvalue weighted by Crippen LogP contribution is 2.23. The molecule has 0 spiro atoms. The molecule has 0 amide bonds. The zero-order chi connectivity index (χ0) is 12.4. The number of oxazole rings is 1. The van der Waals surface area contributed by atoms with E-state index in [-0.39, 0.29) is 0 Å². The molecule has 1 fully saturated rings. The van der Waals surface area contributed by atoms with Crippen molar-refractivity contribution in [3.8, 4) is 0 Å². The van der Waals surface area contributed by atoms with E-state index in [9.17, 15) is 0 Å². The summed E-state index contributed by atoms with van der Waals surface area (Å²) in [5.74, 6) is 0. The Morgan fingerprint density at radius 3 is 3.17 bits per heavy atom. The third-order valence-corrected chi connectivity index (χ3v) is 3.22. The van der Waals surface area contributed by atoms with E-state index in [1.807, 2.05) is 18.2 Å². The smallest absolute Gasteiger partial charge is 0.295 e. The van der Waals surface area contributed by atoms with Gasteiger partial charge in [-0.2, -0.15) is 4.98 Å². The van der Waals surface area contributed by atoms with Crippen LogP contribution in [0.25, 0.3) is 11.1 Å². The molecule has 0 bridgehead atoms. The molecule has 3 N–H and O–H groups in total. The summed E-state index contributed by atoms with van der Waals surface area (Å²) in [6.45, 7) is 1.70. The van der Waals surface area contributed by atoms with Gasteiger partial charge in [-0.25, -0.2) is 0 Å². The molecule has 0 saturated carbocycles.